The Morgan fingerprint density at radius 2 is 0.688 bits per heavy atom. The van der Waals surface area contributed by atoms with Gasteiger partial charge in [-0.15, -0.1) is 45.3 Å². The summed E-state index contributed by atoms with van der Waals surface area (Å²) in [6.07, 6.45) is 2.21. The Bertz CT molecular complexity index is 2000. The summed E-state index contributed by atoms with van der Waals surface area (Å²) in [6.45, 7) is 4.69. The van der Waals surface area contributed by atoms with E-state index in [4.69, 9.17) is 0 Å². The predicted molar refractivity (Wildman–Crippen MR) is 150 cm³/mol. The molecule has 9 rings (SSSR count). The third kappa shape index (κ3) is 1.68. The molecule has 4 heteroatoms. The maximum atomic E-state index is 2.39. The minimum atomic E-state index is 1.10. The molecule has 0 saturated heterocycles. The maximum Gasteiger partial charge on any atom is 0.0397 e. The third-order valence-electron chi connectivity index (χ3n) is 7.57. The van der Waals surface area contributed by atoms with E-state index in [1.54, 1.807) is 31.3 Å². The number of hydrogen-bond donors (Lipinski definition) is 0. The Morgan fingerprint density at radius 3 is 1.00 bits per heavy atom. The molecular formula is C28H16S4. The second-order valence-corrected chi connectivity index (χ2v) is 13.2. The van der Waals surface area contributed by atoms with Gasteiger partial charge in [-0.1, -0.05) is 13.8 Å². The van der Waals surface area contributed by atoms with Gasteiger partial charge in [-0.05, 0) is 60.4 Å². The van der Waals surface area contributed by atoms with Crippen molar-refractivity contribution < 1.29 is 0 Å². The standard InChI is InChI=1S/C28H16S4/c1-3-11-12(4-2)28-26-24-18(32-28)10-8-16-22(24)20-14(30-16)6-5-13-19(20)21-15(29-13)7-9-17-23(21)25(26)27(11)31-17/h5-10H,3-4H2,1-2H3. The van der Waals surface area contributed by atoms with Crippen LogP contribution in [0.4, 0.5) is 0 Å². The highest BCUT2D eigenvalue weighted by molar-refractivity contribution is 7.31. The van der Waals surface area contributed by atoms with Crippen LogP contribution in [0.25, 0.3) is 80.7 Å². The SMILES string of the molecule is CCc1c(CC)c2sc3ccc4sc5ccc6sc7ccc8sc1c1c8c7c6c5c4c3c21. The Balaban J connectivity index is 1.85. The highest BCUT2D eigenvalue weighted by Crippen LogP contribution is 2.57. The van der Waals surface area contributed by atoms with Crippen LogP contribution >= 0.6 is 45.3 Å². The summed E-state index contributed by atoms with van der Waals surface area (Å²) < 4.78 is 11.8. The van der Waals surface area contributed by atoms with E-state index in [0.29, 0.717) is 0 Å². The van der Waals surface area contributed by atoms with E-state index < -0.39 is 0 Å². The zero-order valence-electron chi connectivity index (χ0n) is 17.5. The Hall–Kier alpha value is -2.24. The third-order valence-corrected chi connectivity index (χ3v) is 12.2. The summed E-state index contributed by atoms with van der Waals surface area (Å²) in [5.74, 6) is 0. The van der Waals surface area contributed by atoms with E-state index >= 15 is 0 Å². The molecule has 0 aliphatic carbocycles. The molecule has 4 aromatic heterocycles. The molecular weight excluding hydrogens is 465 g/mol. The zero-order valence-corrected chi connectivity index (χ0v) is 20.8. The summed E-state index contributed by atoms with van der Waals surface area (Å²) in [7, 11) is 0. The van der Waals surface area contributed by atoms with Crippen molar-refractivity contribution in [2.45, 2.75) is 26.7 Å². The van der Waals surface area contributed by atoms with Crippen LogP contribution in [0.2, 0.25) is 0 Å². The molecule has 0 saturated carbocycles. The fourth-order valence-corrected chi connectivity index (χ4v) is 11.4. The maximum absolute atomic E-state index is 2.39. The topological polar surface area (TPSA) is 0 Å². The predicted octanol–water partition coefficient (Wildman–Crippen LogP) is 10.6. The van der Waals surface area contributed by atoms with Gasteiger partial charge in [0.25, 0.3) is 0 Å². The fraction of sp³-hybridized carbons (Fsp3) is 0.143. The van der Waals surface area contributed by atoms with Gasteiger partial charge in [0, 0.05) is 80.7 Å². The minimum absolute atomic E-state index is 1.10. The van der Waals surface area contributed by atoms with Crippen molar-refractivity contribution in [1.82, 2.24) is 0 Å². The van der Waals surface area contributed by atoms with Crippen LogP contribution in [0, 0.1) is 0 Å². The van der Waals surface area contributed by atoms with E-state index in [9.17, 15) is 0 Å². The van der Waals surface area contributed by atoms with Gasteiger partial charge in [0.05, 0.1) is 0 Å². The molecule has 0 spiro atoms. The molecule has 0 aliphatic heterocycles. The first-order valence-corrected chi connectivity index (χ1v) is 14.5. The molecule has 4 heterocycles. The summed E-state index contributed by atoms with van der Waals surface area (Å²) in [5.41, 5.74) is 3.17. The molecule has 0 unspecified atom stereocenters. The summed E-state index contributed by atoms with van der Waals surface area (Å²) in [4.78, 5) is 0. The zero-order chi connectivity index (χ0) is 20.9. The first kappa shape index (κ1) is 17.3. The smallest absolute Gasteiger partial charge is 0.0397 e. The summed E-state index contributed by atoms with van der Waals surface area (Å²) in [5, 5.41) is 12.2. The largest absolute Gasteiger partial charge is 0.135 e. The molecule has 0 bridgehead atoms. The normalized spacial score (nSPS) is 13.6. The van der Waals surface area contributed by atoms with Crippen molar-refractivity contribution in [3.05, 3.63) is 47.5 Å². The van der Waals surface area contributed by atoms with Crippen LogP contribution in [0.15, 0.2) is 36.4 Å². The lowest BCUT2D eigenvalue weighted by molar-refractivity contribution is 1.07. The molecule has 0 aliphatic rings. The van der Waals surface area contributed by atoms with Crippen molar-refractivity contribution in [1.29, 1.82) is 0 Å². The Morgan fingerprint density at radius 1 is 0.406 bits per heavy atom. The average molecular weight is 481 g/mol. The van der Waals surface area contributed by atoms with Gasteiger partial charge >= 0.3 is 0 Å². The lowest BCUT2D eigenvalue weighted by Crippen LogP contribution is -1.92. The van der Waals surface area contributed by atoms with Gasteiger partial charge in [-0.25, -0.2) is 0 Å². The van der Waals surface area contributed by atoms with Crippen LogP contribution in [-0.2, 0) is 12.8 Å². The first-order valence-electron chi connectivity index (χ1n) is 11.2. The Labute approximate surface area is 199 Å². The van der Waals surface area contributed by atoms with Crippen molar-refractivity contribution in [3.8, 4) is 0 Å². The lowest BCUT2D eigenvalue weighted by Gasteiger charge is -2.12. The van der Waals surface area contributed by atoms with E-state index in [-0.39, 0.29) is 0 Å². The second-order valence-electron chi connectivity index (χ2n) is 8.92. The Kier molecular flexibility index (Phi) is 2.94. The molecule has 0 atom stereocenters. The van der Waals surface area contributed by atoms with Crippen molar-refractivity contribution in [2.75, 3.05) is 0 Å². The molecule has 9 aromatic rings. The summed E-state index contributed by atoms with van der Waals surface area (Å²) in [6, 6.07) is 14.3. The van der Waals surface area contributed by atoms with Gasteiger partial charge in [-0.3, -0.25) is 0 Å². The van der Waals surface area contributed by atoms with Crippen LogP contribution in [-0.4, -0.2) is 0 Å². The summed E-state index contributed by atoms with van der Waals surface area (Å²) >= 11 is 8.02. The minimum Gasteiger partial charge on any atom is -0.135 e. The molecule has 0 fully saturated rings. The average Bonchev–Trinajstić information content (AvgIpc) is 3.53. The van der Waals surface area contributed by atoms with Crippen LogP contribution in [0.5, 0.6) is 0 Å². The molecule has 152 valence electrons. The van der Waals surface area contributed by atoms with Gasteiger partial charge in [0.2, 0.25) is 0 Å². The van der Waals surface area contributed by atoms with Crippen LogP contribution in [0.1, 0.15) is 25.0 Å². The van der Waals surface area contributed by atoms with Gasteiger partial charge < -0.3 is 0 Å². The van der Waals surface area contributed by atoms with Crippen molar-refractivity contribution in [2.24, 2.45) is 0 Å². The van der Waals surface area contributed by atoms with Gasteiger partial charge in [0.15, 0.2) is 0 Å². The van der Waals surface area contributed by atoms with Crippen molar-refractivity contribution >= 4 is 126 Å². The molecule has 0 amide bonds. The number of aryl methyl sites for hydroxylation is 2. The van der Waals surface area contributed by atoms with Gasteiger partial charge in [-0.2, -0.15) is 0 Å². The van der Waals surface area contributed by atoms with Crippen molar-refractivity contribution in [3.63, 3.8) is 0 Å². The first-order chi connectivity index (χ1) is 15.8. The van der Waals surface area contributed by atoms with E-state index in [1.807, 2.05) is 45.3 Å². The molecule has 0 radical (unpaired) electrons. The lowest BCUT2D eigenvalue weighted by atomic mass is 9.91. The van der Waals surface area contributed by atoms with E-state index in [2.05, 4.69) is 50.2 Å². The van der Waals surface area contributed by atoms with Crippen LogP contribution < -0.4 is 0 Å². The fourth-order valence-electron chi connectivity index (χ4n) is 6.40. The highest BCUT2D eigenvalue weighted by atomic mass is 32.1. The number of hydrogen-bond acceptors (Lipinski definition) is 4. The molecule has 32 heavy (non-hydrogen) atoms. The molecule has 0 N–H and O–H groups in total. The van der Waals surface area contributed by atoms with Crippen LogP contribution in [0.3, 0.4) is 0 Å². The molecule has 5 aromatic carbocycles. The quantitative estimate of drug-likeness (QED) is 0.231. The number of thiophene rings is 4. The number of benzene rings is 4. The molecule has 0 nitrogen and oxygen atoms in total. The highest BCUT2D eigenvalue weighted by Gasteiger charge is 2.27. The van der Waals surface area contributed by atoms with E-state index in [1.165, 1.54) is 60.5 Å². The monoisotopic (exact) mass is 480 g/mol. The number of rotatable bonds is 2. The van der Waals surface area contributed by atoms with Gasteiger partial charge in [0.1, 0.15) is 0 Å². The second kappa shape index (κ2) is 5.45. The van der Waals surface area contributed by atoms with E-state index in [0.717, 1.165) is 12.8 Å².